The quantitative estimate of drug-likeness (QED) is 0.589. The van der Waals surface area contributed by atoms with Gasteiger partial charge in [0.1, 0.15) is 5.69 Å². The Labute approximate surface area is 137 Å². The molecule has 4 rings (SSSR count). The van der Waals surface area contributed by atoms with E-state index in [0.29, 0.717) is 11.1 Å². The number of benzene rings is 3. The number of hydrogen-bond acceptors (Lipinski definition) is 2. The van der Waals surface area contributed by atoms with Gasteiger partial charge in [0.25, 0.3) is 11.5 Å². The summed E-state index contributed by atoms with van der Waals surface area (Å²) >= 11 is 0. The van der Waals surface area contributed by atoms with Gasteiger partial charge in [0.2, 0.25) is 0 Å². The van der Waals surface area contributed by atoms with E-state index < -0.39 is 0 Å². The second-order valence-corrected chi connectivity index (χ2v) is 5.58. The Bertz CT molecular complexity index is 1120. The second-order valence-electron chi connectivity index (χ2n) is 5.58. The molecule has 0 saturated heterocycles. The highest BCUT2D eigenvalue weighted by atomic mass is 16.2. The van der Waals surface area contributed by atoms with Gasteiger partial charge in [-0.25, -0.2) is 0 Å². The molecule has 0 radical (unpaired) electrons. The molecule has 1 aromatic heterocycles. The van der Waals surface area contributed by atoms with E-state index in [4.69, 9.17) is 0 Å². The molecule has 1 amide bonds. The lowest BCUT2D eigenvalue weighted by Crippen LogP contribution is -2.19. The first-order valence-electron chi connectivity index (χ1n) is 7.63. The maximum absolute atomic E-state index is 12.6. The smallest absolute Gasteiger partial charge is 0.272 e. The first-order valence-corrected chi connectivity index (χ1v) is 7.63. The molecule has 0 unspecified atom stereocenters. The highest BCUT2D eigenvalue weighted by molar-refractivity contribution is 6.09. The van der Waals surface area contributed by atoms with Crippen LogP contribution in [0.5, 0.6) is 0 Å². The van der Waals surface area contributed by atoms with Crippen LogP contribution in [-0.2, 0) is 0 Å². The average Bonchev–Trinajstić information content (AvgIpc) is 2.62. The zero-order chi connectivity index (χ0) is 16.5. The standard InChI is InChI=1S/C20H14N2O2/c23-19-16-10-4-2-7-14(16)12-18(22-19)20(24)21-17-11-5-8-13-6-1-3-9-15(13)17/h1-12H,(H,21,24)(H,22,23). The third kappa shape index (κ3) is 2.44. The monoisotopic (exact) mass is 314 g/mol. The number of anilines is 1. The zero-order valence-electron chi connectivity index (χ0n) is 12.7. The van der Waals surface area contributed by atoms with Gasteiger partial charge in [0.15, 0.2) is 0 Å². The number of nitrogens with one attached hydrogen (secondary N) is 2. The van der Waals surface area contributed by atoms with Crippen LogP contribution in [0.25, 0.3) is 21.5 Å². The van der Waals surface area contributed by atoms with Gasteiger partial charge in [-0.05, 0) is 29.0 Å². The molecule has 0 fully saturated rings. The number of rotatable bonds is 2. The number of aromatic amines is 1. The molecular formula is C20H14N2O2. The lowest BCUT2D eigenvalue weighted by atomic mass is 10.1. The number of hydrogen-bond donors (Lipinski definition) is 2. The molecule has 2 N–H and O–H groups in total. The van der Waals surface area contributed by atoms with Gasteiger partial charge >= 0.3 is 0 Å². The SMILES string of the molecule is O=C(Nc1cccc2ccccc12)c1cc2ccccc2c(=O)[nH]1. The van der Waals surface area contributed by atoms with Crippen LogP contribution in [0.1, 0.15) is 10.5 Å². The Balaban J connectivity index is 1.75. The van der Waals surface area contributed by atoms with Crippen LogP contribution in [0.4, 0.5) is 5.69 Å². The molecule has 0 bridgehead atoms. The van der Waals surface area contributed by atoms with E-state index in [1.165, 1.54) is 0 Å². The fraction of sp³-hybridized carbons (Fsp3) is 0. The van der Waals surface area contributed by atoms with Gasteiger partial charge in [-0.15, -0.1) is 0 Å². The minimum absolute atomic E-state index is 0.242. The van der Waals surface area contributed by atoms with Crippen LogP contribution in [0, 0.1) is 0 Å². The van der Waals surface area contributed by atoms with Crippen LogP contribution in [0.2, 0.25) is 0 Å². The average molecular weight is 314 g/mol. The number of H-pyrrole nitrogens is 1. The number of carbonyl (C=O) groups excluding carboxylic acids is 1. The minimum Gasteiger partial charge on any atom is -0.320 e. The van der Waals surface area contributed by atoms with Gasteiger partial charge < -0.3 is 10.3 Å². The van der Waals surface area contributed by atoms with Crippen molar-refractivity contribution in [1.29, 1.82) is 0 Å². The van der Waals surface area contributed by atoms with Crippen molar-refractivity contribution in [3.63, 3.8) is 0 Å². The molecule has 0 aliphatic rings. The van der Waals surface area contributed by atoms with E-state index in [1.54, 1.807) is 18.2 Å². The van der Waals surface area contributed by atoms with Crippen LogP contribution in [0.3, 0.4) is 0 Å². The third-order valence-electron chi connectivity index (χ3n) is 4.04. The topological polar surface area (TPSA) is 62.0 Å². The summed E-state index contributed by atoms with van der Waals surface area (Å²) in [6, 6.07) is 22.4. The maximum Gasteiger partial charge on any atom is 0.272 e. The molecule has 4 nitrogen and oxygen atoms in total. The molecule has 0 saturated carbocycles. The highest BCUT2D eigenvalue weighted by Gasteiger charge is 2.11. The van der Waals surface area contributed by atoms with E-state index in [0.717, 1.165) is 16.2 Å². The fourth-order valence-electron chi connectivity index (χ4n) is 2.86. The Hall–Kier alpha value is -3.40. The highest BCUT2D eigenvalue weighted by Crippen LogP contribution is 2.23. The summed E-state index contributed by atoms with van der Waals surface area (Å²) in [6.45, 7) is 0. The van der Waals surface area contributed by atoms with Crippen molar-refractivity contribution in [1.82, 2.24) is 4.98 Å². The number of aromatic nitrogens is 1. The minimum atomic E-state index is -0.339. The lowest BCUT2D eigenvalue weighted by molar-refractivity contribution is 0.102. The van der Waals surface area contributed by atoms with E-state index >= 15 is 0 Å². The summed E-state index contributed by atoms with van der Waals surface area (Å²) in [7, 11) is 0. The zero-order valence-corrected chi connectivity index (χ0v) is 12.7. The van der Waals surface area contributed by atoms with E-state index in [-0.39, 0.29) is 17.2 Å². The molecule has 1 heterocycles. The second kappa shape index (κ2) is 5.66. The van der Waals surface area contributed by atoms with Gasteiger partial charge in [-0.2, -0.15) is 0 Å². The van der Waals surface area contributed by atoms with Crippen molar-refractivity contribution in [2.24, 2.45) is 0 Å². The van der Waals surface area contributed by atoms with Gasteiger partial charge in [0.05, 0.1) is 0 Å². The third-order valence-corrected chi connectivity index (χ3v) is 4.04. The van der Waals surface area contributed by atoms with Crippen molar-refractivity contribution in [3.8, 4) is 0 Å². The van der Waals surface area contributed by atoms with Crippen molar-refractivity contribution < 1.29 is 4.79 Å². The Morgan fingerprint density at radius 2 is 1.46 bits per heavy atom. The van der Waals surface area contributed by atoms with Crippen LogP contribution in [-0.4, -0.2) is 10.9 Å². The first-order chi connectivity index (χ1) is 11.7. The molecule has 24 heavy (non-hydrogen) atoms. The molecule has 3 aromatic carbocycles. The van der Waals surface area contributed by atoms with Crippen molar-refractivity contribution in [2.75, 3.05) is 5.32 Å². The van der Waals surface area contributed by atoms with Gasteiger partial charge in [-0.3, -0.25) is 9.59 Å². The van der Waals surface area contributed by atoms with E-state index in [2.05, 4.69) is 10.3 Å². The summed E-state index contributed by atoms with van der Waals surface area (Å²) in [5.41, 5.74) is 0.690. The number of amides is 1. The summed E-state index contributed by atoms with van der Waals surface area (Å²) in [5, 5.41) is 6.19. The molecule has 116 valence electrons. The number of fused-ring (bicyclic) bond motifs is 2. The van der Waals surface area contributed by atoms with Crippen molar-refractivity contribution in [3.05, 3.63) is 88.8 Å². The Morgan fingerprint density at radius 1 is 0.792 bits per heavy atom. The van der Waals surface area contributed by atoms with E-state index in [9.17, 15) is 9.59 Å². The van der Waals surface area contributed by atoms with Crippen LogP contribution < -0.4 is 10.9 Å². The first kappa shape index (κ1) is 14.2. The van der Waals surface area contributed by atoms with Crippen molar-refractivity contribution >= 4 is 33.1 Å². The largest absolute Gasteiger partial charge is 0.320 e. The fourth-order valence-corrected chi connectivity index (χ4v) is 2.86. The molecule has 0 spiro atoms. The van der Waals surface area contributed by atoms with Gasteiger partial charge in [-0.1, -0.05) is 54.6 Å². The van der Waals surface area contributed by atoms with E-state index in [1.807, 2.05) is 54.6 Å². The molecule has 0 atom stereocenters. The number of pyridine rings is 1. The van der Waals surface area contributed by atoms with Crippen LogP contribution >= 0.6 is 0 Å². The van der Waals surface area contributed by atoms with Crippen molar-refractivity contribution in [2.45, 2.75) is 0 Å². The number of carbonyl (C=O) groups is 1. The summed E-state index contributed by atoms with van der Waals surface area (Å²) in [6.07, 6.45) is 0. The summed E-state index contributed by atoms with van der Waals surface area (Å²) in [5.74, 6) is -0.339. The molecule has 4 heteroatoms. The normalized spacial score (nSPS) is 10.8. The van der Waals surface area contributed by atoms with Gasteiger partial charge in [0, 0.05) is 16.5 Å². The molecule has 0 aliphatic carbocycles. The lowest BCUT2D eigenvalue weighted by Gasteiger charge is -2.09. The predicted octanol–water partition coefficient (Wildman–Crippen LogP) is 3.93. The summed E-state index contributed by atoms with van der Waals surface area (Å²) < 4.78 is 0. The molecule has 4 aromatic rings. The Kier molecular flexibility index (Phi) is 3.35. The molecule has 0 aliphatic heterocycles. The summed E-state index contributed by atoms with van der Waals surface area (Å²) in [4.78, 5) is 27.4. The molecular weight excluding hydrogens is 300 g/mol. The van der Waals surface area contributed by atoms with Crippen LogP contribution in [0.15, 0.2) is 77.6 Å². The maximum atomic E-state index is 12.6. The Morgan fingerprint density at radius 3 is 2.29 bits per heavy atom. The predicted molar refractivity (Wildman–Crippen MR) is 96.5 cm³/mol.